The molecule has 0 rings (SSSR count). The average molecular weight is 170 g/mol. The third kappa shape index (κ3) is 4.94. The first-order valence-corrected chi connectivity index (χ1v) is 4.58. The molecule has 0 aromatic carbocycles. The number of ether oxygens (including phenoxy) is 1. The van der Waals surface area contributed by atoms with Crippen LogP contribution in [-0.2, 0) is 9.53 Å². The Labute approximate surface area is 74.6 Å². The van der Waals surface area contributed by atoms with E-state index in [0.29, 0.717) is 13.0 Å². The molecule has 0 fully saturated rings. The molecule has 0 spiro atoms. The van der Waals surface area contributed by atoms with E-state index in [-0.39, 0.29) is 5.97 Å². The third-order valence-electron chi connectivity index (χ3n) is 1.62. The quantitative estimate of drug-likeness (QED) is 0.468. The van der Waals surface area contributed by atoms with Gasteiger partial charge in [-0.1, -0.05) is 25.5 Å². The summed E-state index contributed by atoms with van der Waals surface area (Å²) in [5.41, 5.74) is 1.18. The van der Waals surface area contributed by atoms with Crippen molar-refractivity contribution in [2.75, 3.05) is 6.61 Å². The zero-order valence-electron chi connectivity index (χ0n) is 8.22. The minimum atomic E-state index is -0.112. The van der Waals surface area contributed by atoms with Crippen molar-refractivity contribution >= 4 is 5.97 Å². The minimum Gasteiger partial charge on any atom is -0.466 e. The molecule has 0 aliphatic carbocycles. The van der Waals surface area contributed by atoms with Crippen LogP contribution in [0.1, 0.15) is 40.0 Å². The van der Waals surface area contributed by atoms with Crippen LogP contribution in [0.4, 0.5) is 0 Å². The maximum Gasteiger partial charge on any atom is 0.309 e. The summed E-state index contributed by atoms with van der Waals surface area (Å²) in [5, 5.41) is 0. The summed E-state index contributed by atoms with van der Waals surface area (Å²) >= 11 is 0. The fourth-order valence-corrected chi connectivity index (χ4v) is 1.03. The van der Waals surface area contributed by atoms with Crippen LogP contribution in [0.5, 0.6) is 0 Å². The molecule has 0 amide bonds. The van der Waals surface area contributed by atoms with E-state index in [2.05, 4.69) is 19.9 Å². The first-order chi connectivity index (χ1) is 5.74. The fourth-order valence-electron chi connectivity index (χ4n) is 1.03. The molecule has 0 saturated carbocycles. The van der Waals surface area contributed by atoms with Crippen molar-refractivity contribution in [1.29, 1.82) is 0 Å². The molecule has 0 N–H and O–H groups in total. The maximum absolute atomic E-state index is 11.0. The molecule has 0 saturated heterocycles. The van der Waals surface area contributed by atoms with Gasteiger partial charge in [0.25, 0.3) is 0 Å². The van der Waals surface area contributed by atoms with Crippen LogP contribution in [0.3, 0.4) is 0 Å². The number of carbonyl (C=O) groups is 1. The van der Waals surface area contributed by atoms with E-state index < -0.39 is 0 Å². The molecule has 0 atom stereocenters. The number of hydrogen-bond donors (Lipinski definition) is 0. The molecule has 0 radical (unpaired) electrons. The molecule has 70 valence electrons. The van der Waals surface area contributed by atoms with Gasteiger partial charge in [0.1, 0.15) is 0 Å². The Kier molecular flexibility index (Phi) is 6.44. The van der Waals surface area contributed by atoms with Crippen molar-refractivity contribution in [2.24, 2.45) is 0 Å². The standard InChI is InChI=1S/C10H18O2/c1-4-7-9(5-2)8-10(11)12-6-3/h7H,4-6,8H2,1-3H3. The summed E-state index contributed by atoms with van der Waals surface area (Å²) in [6.45, 7) is 6.43. The second-order valence-electron chi connectivity index (χ2n) is 2.61. The predicted octanol–water partition coefficient (Wildman–Crippen LogP) is 2.69. The number of esters is 1. The molecule has 0 aliphatic heterocycles. The number of hydrogen-bond acceptors (Lipinski definition) is 2. The summed E-state index contributed by atoms with van der Waals surface area (Å²) in [5.74, 6) is -0.112. The van der Waals surface area contributed by atoms with Gasteiger partial charge in [0.2, 0.25) is 0 Å². The van der Waals surface area contributed by atoms with Gasteiger partial charge in [-0.05, 0) is 19.8 Å². The summed E-state index contributed by atoms with van der Waals surface area (Å²) in [6.07, 6.45) is 4.48. The highest BCUT2D eigenvalue weighted by Crippen LogP contribution is 2.08. The Morgan fingerprint density at radius 3 is 2.42 bits per heavy atom. The highest BCUT2D eigenvalue weighted by atomic mass is 16.5. The molecule has 0 aromatic heterocycles. The molecule has 12 heavy (non-hydrogen) atoms. The van der Waals surface area contributed by atoms with Crippen molar-refractivity contribution in [1.82, 2.24) is 0 Å². The summed E-state index contributed by atoms with van der Waals surface area (Å²) in [6, 6.07) is 0. The van der Waals surface area contributed by atoms with Crippen LogP contribution in [0, 0.1) is 0 Å². The first kappa shape index (κ1) is 11.2. The van der Waals surface area contributed by atoms with Gasteiger partial charge in [0.05, 0.1) is 13.0 Å². The fraction of sp³-hybridized carbons (Fsp3) is 0.700. The molecule has 0 unspecified atom stereocenters. The maximum atomic E-state index is 11.0. The zero-order valence-corrected chi connectivity index (χ0v) is 8.22. The van der Waals surface area contributed by atoms with E-state index in [1.165, 1.54) is 5.57 Å². The molecule has 2 heteroatoms. The molecule has 0 bridgehead atoms. The highest BCUT2D eigenvalue weighted by Gasteiger charge is 2.03. The molecular weight excluding hydrogens is 152 g/mol. The molecule has 0 heterocycles. The molecule has 2 nitrogen and oxygen atoms in total. The van der Waals surface area contributed by atoms with Crippen molar-refractivity contribution < 1.29 is 9.53 Å². The number of rotatable bonds is 5. The van der Waals surface area contributed by atoms with Crippen LogP contribution in [0.2, 0.25) is 0 Å². The largest absolute Gasteiger partial charge is 0.466 e. The Morgan fingerprint density at radius 2 is 2.00 bits per heavy atom. The minimum absolute atomic E-state index is 0.112. The Hall–Kier alpha value is -0.790. The summed E-state index contributed by atoms with van der Waals surface area (Å²) < 4.78 is 4.84. The lowest BCUT2D eigenvalue weighted by Crippen LogP contribution is -2.04. The van der Waals surface area contributed by atoms with E-state index in [1.807, 2.05) is 6.92 Å². The SMILES string of the molecule is CCC=C(CC)CC(=O)OCC. The van der Waals surface area contributed by atoms with E-state index >= 15 is 0 Å². The van der Waals surface area contributed by atoms with Crippen molar-refractivity contribution in [3.63, 3.8) is 0 Å². The van der Waals surface area contributed by atoms with Gasteiger partial charge in [-0.25, -0.2) is 0 Å². The normalized spacial score (nSPS) is 11.4. The van der Waals surface area contributed by atoms with Crippen LogP contribution in [0.25, 0.3) is 0 Å². The van der Waals surface area contributed by atoms with Crippen molar-refractivity contribution in [2.45, 2.75) is 40.0 Å². The van der Waals surface area contributed by atoms with Crippen LogP contribution >= 0.6 is 0 Å². The van der Waals surface area contributed by atoms with Crippen LogP contribution in [0.15, 0.2) is 11.6 Å². The second-order valence-corrected chi connectivity index (χ2v) is 2.61. The first-order valence-electron chi connectivity index (χ1n) is 4.58. The number of carbonyl (C=O) groups excluding carboxylic acids is 1. The van der Waals surface area contributed by atoms with Crippen LogP contribution in [-0.4, -0.2) is 12.6 Å². The lowest BCUT2D eigenvalue weighted by atomic mass is 10.1. The summed E-state index contributed by atoms with van der Waals surface area (Å²) in [7, 11) is 0. The van der Waals surface area contributed by atoms with Crippen LogP contribution < -0.4 is 0 Å². The van der Waals surface area contributed by atoms with Gasteiger partial charge in [-0.3, -0.25) is 4.79 Å². The third-order valence-corrected chi connectivity index (χ3v) is 1.62. The Balaban J connectivity index is 3.85. The van der Waals surface area contributed by atoms with Gasteiger partial charge in [-0.15, -0.1) is 0 Å². The topological polar surface area (TPSA) is 26.3 Å². The van der Waals surface area contributed by atoms with E-state index in [9.17, 15) is 4.79 Å². The van der Waals surface area contributed by atoms with E-state index in [4.69, 9.17) is 4.74 Å². The van der Waals surface area contributed by atoms with Gasteiger partial charge in [-0.2, -0.15) is 0 Å². The zero-order chi connectivity index (χ0) is 9.40. The summed E-state index contributed by atoms with van der Waals surface area (Å²) in [4.78, 5) is 11.0. The number of allylic oxidation sites excluding steroid dienone is 1. The van der Waals surface area contributed by atoms with Gasteiger partial charge in [0, 0.05) is 0 Å². The predicted molar refractivity (Wildman–Crippen MR) is 49.9 cm³/mol. The monoisotopic (exact) mass is 170 g/mol. The highest BCUT2D eigenvalue weighted by molar-refractivity contribution is 5.72. The van der Waals surface area contributed by atoms with Crippen molar-refractivity contribution in [3.8, 4) is 0 Å². The van der Waals surface area contributed by atoms with Gasteiger partial charge < -0.3 is 4.74 Å². The van der Waals surface area contributed by atoms with Crippen molar-refractivity contribution in [3.05, 3.63) is 11.6 Å². The lowest BCUT2D eigenvalue weighted by Gasteiger charge is -2.03. The van der Waals surface area contributed by atoms with Gasteiger partial charge in [0.15, 0.2) is 0 Å². The Bertz CT molecular complexity index is 159. The smallest absolute Gasteiger partial charge is 0.309 e. The molecular formula is C10H18O2. The molecule has 0 aliphatic rings. The molecule has 0 aromatic rings. The van der Waals surface area contributed by atoms with E-state index in [1.54, 1.807) is 0 Å². The average Bonchev–Trinajstić information content (AvgIpc) is 2.04. The van der Waals surface area contributed by atoms with Gasteiger partial charge >= 0.3 is 5.97 Å². The van der Waals surface area contributed by atoms with E-state index in [0.717, 1.165) is 12.8 Å². The second kappa shape index (κ2) is 6.89. The Morgan fingerprint density at radius 1 is 1.33 bits per heavy atom. The lowest BCUT2D eigenvalue weighted by molar-refractivity contribution is -0.142.